The highest BCUT2D eigenvalue weighted by molar-refractivity contribution is 6.00. The predicted octanol–water partition coefficient (Wildman–Crippen LogP) is 2.06. The average Bonchev–Trinajstić information content (AvgIpc) is 3.06. The molecular formula is C14H13NO3. The molecule has 1 saturated carbocycles. The fraction of sp³-hybridized carbons (Fsp3) is 0.286. The van der Waals surface area contributed by atoms with Crippen molar-refractivity contribution in [2.45, 2.75) is 19.3 Å². The van der Waals surface area contributed by atoms with Crippen molar-refractivity contribution in [1.29, 1.82) is 0 Å². The van der Waals surface area contributed by atoms with Crippen LogP contribution in [-0.2, 0) is 16.0 Å². The molecule has 4 nitrogen and oxygen atoms in total. The molecule has 18 heavy (non-hydrogen) atoms. The Kier molecular flexibility index (Phi) is 2.44. The van der Waals surface area contributed by atoms with Crippen LogP contribution >= 0.6 is 0 Å². The van der Waals surface area contributed by atoms with Gasteiger partial charge in [-0.05, 0) is 47.6 Å². The summed E-state index contributed by atoms with van der Waals surface area (Å²) in [5, 5.41) is 11.7. The van der Waals surface area contributed by atoms with Crippen LogP contribution in [0.1, 0.15) is 24.0 Å². The molecule has 1 fully saturated rings. The molecule has 2 aliphatic rings. The van der Waals surface area contributed by atoms with Crippen LogP contribution in [0.4, 0.5) is 5.69 Å². The van der Waals surface area contributed by atoms with Crippen LogP contribution in [0.2, 0.25) is 0 Å². The van der Waals surface area contributed by atoms with Crippen LogP contribution < -0.4 is 5.32 Å². The van der Waals surface area contributed by atoms with E-state index in [9.17, 15) is 9.59 Å². The fourth-order valence-electron chi connectivity index (χ4n) is 2.37. The van der Waals surface area contributed by atoms with Gasteiger partial charge >= 0.3 is 5.97 Å². The van der Waals surface area contributed by atoms with E-state index in [4.69, 9.17) is 5.11 Å². The highest BCUT2D eigenvalue weighted by atomic mass is 16.4. The summed E-state index contributed by atoms with van der Waals surface area (Å²) in [7, 11) is 0. The zero-order valence-corrected chi connectivity index (χ0v) is 9.77. The number of hydrogen-bond acceptors (Lipinski definition) is 2. The van der Waals surface area contributed by atoms with Crippen LogP contribution in [0.5, 0.6) is 0 Å². The Hall–Kier alpha value is -2.10. The molecule has 0 aromatic heterocycles. The number of rotatable bonds is 3. The SMILES string of the molecule is O=C(O)/C=C(/c1ccc2c(c1)CC(=O)N2)C1CC1. The number of carbonyl (C=O) groups excluding carboxylic acids is 1. The molecule has 1 aromatic rings. The van der Waals surface area contributed by atoms with E-state index >= 15 is 0 Å². The molecule has 1 aromatic carbocycles. The Morgan fingerprint density at radius 3 is 2.83 bits per heavy atom. The quantitative estimate of drug-likeness (QED) is 0.798. The van der Waals surface area contributed by atoms with Crippen LogP contribution in [0, 0.1) is 5.92 Å². The van der Waals surface area contributed by atoms with Gasteiger partial charge in [-0.25, -0.2) is 4.79 Å². The van der Waals surface area contributed by atoms with E-state index in [1.807, 2.05) is 18.2 Å². The molecule has 2 N–H and O–H groups in total. The van der Waals surface area contributed by atoms with Crippen molar-refractivity contribution in [2.75, 3.05) is 5.32 Å². The van der Waals surface area contributed by atoms with Gasteiger partial charge < -0.3 is 10.4 Å². The minimum atomic E-state index is -0.911. The molecule has 0 radical (unpaired) electrons. The van der Waals surface area contributed by atoms with Crippen molar-refractivity contribution >= 4 is 23.1 Å². The van der Waals surface area contributed by atoms with Gasteiger partial charge in [0, 0.05) is 11.8 Å². The average molecular weight is 243 g/mol. The fourth-order valence-corrected chi connectivity index (χ4v) is 2.37. The molecule has 4 heteroatoms. The van der Waals surface area contributed by atoms with Crippen molar-refractivity contribution in [2.24, 2.45) is 5.92 Å². The van der Waals surface area contributed by atoms with E-state index in [1.165, 1.54) is 6.08 Å². The Morgan fingerprint density at radius 1 is 1.39 bits per heavy atom. The number of carboxylic acid groups (broad SMARTS) is 1. The smallest absolute Gasteiger partial charge is 0.328 e. The standard InChI is InChI=1S/C14H13NO3/c16-13-6-10-5-9(3-4-12(10)15-13)11(7-14(17)18)8-1-2-8/h3-5,7-8H,1-2,6H2,(H,15,16)(H,17,18)/b11-7+. The second-order valence-electron chi connectivity index (χ2n) is 4.81. The monoisotopic (exact) mass is 243 g/mol. The first kappa shape index (κ1) is 11.0. The molecule has 3 rings (SSSR count). The van der Waals surface area contributed by atoms with E-state index in [1.54, 1.807) is 0 Å². The molecule has 0 unspecified atom stereocenters. The molecular weight excluding hydrogens is 230 g/mol. The maximum absolute atomic E-state index is 11.3. The lowest BCUT2D eigenvalue weighted by Gasteiger charge is -2.07. The number of anilines is 1. The summed E-state index contributed by atoms with van der Waals surface area (Å²) in [6.45, 7) is 0. The molecule has 1 amide bonds. The van der Waals surface area contributed by atoms with E-state index < -0.39 is 5.97 Å². The zero-order chi connectivity index (χ0) is 12.7. The van der Waals surface area contributed by atoms with E-state index in [-0.39, 0.29) is 5.91 Å². The van der Waals surface area contributed by atoms with Gasteiger partial charge in [-0.15, -0.1) is 0 Å². The summed E-state index contributed by atoms with van der Waals surface area (Å²) < 4.78 is 0. The number of aliphatic carboxylic acids is 1. The Morgan fingerprint density at radius 2 is 2.17 bits per heavy atom. The van der Waals surface area contributed by atoms with Gasteiger partial charge in [0.2, 0.25) is 5.91 Å². The lowest BCUT2D eigenvalue weighted by Crippen LogP contribution is -2.03. The first-order chi connectivity index (χ1) is 8.63. The lowest BCUT2D eigenvalue weighted by molar-refractivity contribution is -0.131. The summed E-state index contributed by atoms with van der Waals surface area (Å²) in [6.07, 6.45) is 3.78. The Balaban J connectivity index is 1.99. The third-order valence-electron chi connectivity index (χ3n) is 3.36. The van der Waals surface area contributed by atoms with Gasteiger partial charge in [0.15, 0.2) is 0 Å². The number of nitrogens with one attached hydrogen (secondary N) is 1. The van der Waals surface area contributed by atoms with Gasteiger partial charge in [-0.3, -0.25) is 4.79 Å². The molecule has 1 aliphatic carbocycles. The van der Waals surface area contributed by atoms with E-state index in [2.05, 4.69) is 5.32 Å². The topological polar surface area (TPSA) is 66.4 Å². The third kappa shape index (κ3) is 2.01. The number of allylic oxidation sites excluding steroid dienone is 1. The highest BCUT2D eigenvalue weighted by Gasteiger charge is 2.28. The predicted molar refractivity (Wildman–Crippen MR) is 67.1 cm³/mol. The van der Waals surface area contributed by atoms with Crippen molar-refractivity contribution in [1.82, 2.24) is 0 Å². The Labute approximate surface area is 104 Å². The molecule has 0 atom stereocenters. The van der Waals surface area contributed by atoms with E-state index in [0.29, 0.717) is 12.3 Å². The zero-order valence-electron chi connectivity index (χ0n) is 9.77. The molecule has 0 spiro atoms. The third-order valence-corrected chi connectivity index (χ3v) is 3.36. The van der Waals surface area contributed by atoms with Gasteiger partial charge in [0.1, 0.15) is 0 Å². The van der Waals surface area contributed by atoms with Crippen molar-refractivity contribution in [3.05, 3.63) is 35.4 Å². The highest BCUT2D eigenvalue weighted by Crippen LogP contribution is 2.42. The summed E-state index contributed by atoms with van der Waals surface area (Å²) in [6, 6.07) is 5.67. The molecule has 1 aliphatic heterocycles. The summed E-state index contributed by atoms with van der Waals surface area (Å²) in [5.41, 5.74) is 3.60. The number of hydrogen-bond donors (Lipinski definition) is 2. The van der Waals surface area contributed by atoms with Crippen LogP contribution in [0.15, 0.2) is 24.3 Å². The van der Waals surface area contributed by atoms with Gasteiger partial charge in [0.05, 0.1) is 6.42 Å². The molecule has 0 bridgehead atoms. The van der Waals surface area contributed by atoms with Crippen molar-refractivity contribution in [3.8, 4) is 0 Å². The maximum Gasteiger partial charge on any atom is 0.328 e. The minimum Gasteiger partial charge on any atom is -0.478 e. The second-order valence-corrected chi connectivity index (χ2v) is 4.81. The van der Waals surface area contributed by atoms with E-state index in [0.717, 1.165) is 35.2 Å². The second kappa shape index (κ2) is 3.98. The van der Waals surface area contributed by atoms with Crippen LogP contribution in [-0.4, -0.2) is 17.0 Å². The summed E-state index contributed by atoms with van der Waals surface area (Å²) >= 11 is 0. The largest absolute Gasteiger partial charge is 0.478 e. The van der Waals surface area contributed by atoms with Crippen molar-refractivity contribution < 1.29 is 14.7 Å². The minimum absolute atomic E-state index is 0.00247. The van der Waals surface area contributed by atoms with Gasteiger partial charge in [-0.2, -0.15) is 0 Å². The van der Waals surface area contributed by atoms with Gasteiger partial charge in [0.25, 0.3) is 0 Å². The number of carbonyl (C=O) groups is 2. The lowest BCUT2D eigenvalue weighted by atomic mass is 9.98. The first-order valence-corrected chi connectivity index (χ1v) is 6.01. The van der Waals surface area contributed by atoms with Crippen LogP contribution in [0.25, 0.3) is 5.57 Å². The normalized spacial score (nSPS) is 18.4. The molecule has 1 heterocycles. The number of benzene rings is 1. The summed E-state index contributed by atoms with van der Waals surface area (Å²) in [5.74, 6) is -0.548. The van der Waals surface area contributed by atoms with Crippen LogP contribution in [0.3, 0.4) is 0 Å². The Bertz CT molecular complexity index is 570. The molecule has 92 valence electrons. The summed E-state index contributed by atoms with van der Waals surface area (Å²) in [4.78, 5) is 22.1. The first-order valence-electron chi connectivity index (χ1n) is 6.01. The molecule has 0 saturated heterocycles. The van der Waals surface area contributed by atoms with Crippen molar-refractivity contribution in [3.63, 3.8) is 0 Å². The maximum atomic E-state index is 11.3. The van der Waals surface area contributed by atoms with Gasteiger partial charge in [-0.1, -0.05) is 6.07 Å². The number of fused-ring (bicyclic) bond motifs is 1. The number of amides is 1. The number of carboxylic acids is 1.